The predicted octanol–water partition coefficient (Wildman–Crippen LogP) is 5.31. The van der Waals surface area contributed by atoms with Gasteiger partial charge >= 0.3 is 0 Å². The summed E-state index contributed by atoms with van der Waals surface area (Å²) < 4.78 is 0. The van der Waals surface area contributed by atoms with E-state index in [0.717, 1.165) is 39.9 Å². The molecule has 3 aromatic carbocycles. The number of benzene rings is 3. The molecule has 1 aromatic heterocycles. The second-order valence-corrected chi connectivity index (χ2v) is 6.81. The molecule has 0 saturated heterocycles. The summed E-state index contributed by atoms with van der Waals surface area (Å²) in [5.74, 6) is 6.30. The van der Waals surface area contributed by atoms with Crippen LogP contribution >= 0.6 is 0 Å². The first-order valence-corrected chi connectivity index (χ1v) is 9.71. The predicted molar refractivity (Wildman–Crippen MR) is 121 cm³/mol. The smallest absolute Gasteiger partial charge is 0.214 e. The lowest BCUT2D eigenvalue weighted by Gasteiger charge is -2.19. The highest BCUT2D eigenvalue weighted by atomic mass is 16.1. The highest BCUT2D eigenvalue weighted by Crippen LogP contribution is 2.24. The lowest BCUT2D eigenvalue weighted by atomic mass is 10.0. The number of hydrogen-bond donors (Lipinski definition) is 0. The Morgan fingerprint density at radius 1 is 0.800 bits per heavy atom. The van der Waals surface area contributed by atoms with E-state index in [4.69, 9.17) is 0 Å². The molecule has 1 amide bonds. The summed E-state index contributed by atoms with van der Waals surface area (Å²) in [7, 11) is 0. The summed E-state index contributed by atoms with van der Waals surface area (Å²) in [4.78, 5) is 17.7. The average Bonchev–Trinajstić information content (AvgIpc) is 2.83. The van der Waals surface area contributed by atoms with Crippen molar-refractivity contribution in [3.05, 3.63) is 120 Å². The van der Waals surface area contributed by atoms with Crippen molar-refractivity contribution < 1.29 is 4.79 Å². The maximum atomic E-state index is 12.0. The second kappa shape index (κ2) is 9.36. The molecule has 0 bridgehead atoms. The van der Waals surface area contributed by atoms with Gasteiger partial charge < -0.3 is 4.90 Å². The van der Waals surface area contributed by atoms with Crippen LogP contribution in [0.1, 0.15) is 16.7 Å². The lowest BCUT2D eigenvalue weighted by molar-refractivity contribution is -0.107. The zero-order valence-corrected chi connectivity index (χ0v) is 16.4. The molecule has 0 atom stereocenters. The number of rotatable bonds is 5. The molecule has 0 unspecified atom stereocenters. The largest absolute Gasteiger partial charge is 0.309 e. The molecule has 144 valence electrons. The molecule has 4 aromatic rings. The Morgan fingerprint density at radius 3 is 2.40 bits per heavy atom. The maximum Gasteiger partial charge on any atom is 0.214 e. The van der Waals surface area contributed by atoms with E-state index in [9.17, 15) is 4.79 Å². The van der Waals surface area contributed by atoms with Crippen molar-refractivity contribution in [1.29, 1.82) is 0 Å². The van der Waals surface area contributed by atoms with Crippen LogP contribution in [0, 0.1) is 11.8 Å². The van der Waals surface area contributed by atoms with Gasteiger partial charge in [0.25, 0.3) is 0 Å². The molecule has 0 saturated carbocycles. The monoisotopic (exact) mass is 388 g/mol. The van der Waals surface area contributed by atoms with E-state index in [2.05, 4.69) is 41.1 Å². The molecule has 3 nitrogen and oxygen atoms in total. The first-order valence-electron chi connectivity index (χ1n) is 9.71. The molecule has 0 fully saturated rings. The van der Waals surface area contributed by atoms with Crippen LogP contribution in [-0.2, 0) is 11.3 Å². The van der Waals surface area contributed by atoms with E-state index in [0.29, 0.717) is 6.54 Å². The van der Waals surface area contributed by atoms with E-state index in [1.54, 1.807) is 17.3 Å². The number of anilines is 1. The van der Waals surface area contributed by atoms with Crippen LogP contribution in [0.5, 0.6) is 0 Å². The molecule has 0 radical (unpaired) electrons. The number of hydrogen-bond acceptors (Lipinski definition) is 2. The van der Waals surface area contributed by atoms with Gasteiger partial charge in [-0.1, -0.05) is 72.5 Å². The molecule has 0 spiro atoms. The van der Waals surface area contributed by atoms with Gasteiger partial charge in [-0.2, -0.15) is 0 Å². The first-order chi connectivity index (χ1) is 14.8. The zero-order chi connectivity index (χ0) is 20.6. The van der Waals surface area contributed by atoms with Gasteiger partial charge in [-0.25, -0.2) is 0 Å². The zero-order valence-electron chi connectivity index (χ0n) is 16.4. The number of para-hydroxylation sites is 1. The molecular formula is C27H20N2O. The van der Waals surface area contributed by atoms with Crippen molar-refractivity contribution in [3.8, 4) is 23.0 Å². The molecule has 3 heteroatoms. The number of aromatic nitrogens is 1. The third-order valence-electron chi connectivity index (χ3n) is 4.73. The van der Waals surface area contributed by atoms with Crippen LogP contribution in [-0.4, -0.2) is 11.4 Å². The molecule has 0 aliphatic heterocycles. The van der Waals surface area contributed by atoms with Gasteiger partial charge in [0.2, 0.25) is 6.41 Å². The van der Waals surface area contributed by atoms with E-state index in [-0.39, 0.29) is 0 Å². The molecule has 1 heterocycles. The van der Waals surface area contributed by atoms with Crippen molar-refractivity contribution in [2.24, 2.45) is 0 Å². The highest BCUT2D eigenvalue weighted by Gasteiger charge is 2.10. The standard InChI is InChI=1S/C27H20N2O/c30-21-29(20-23-8-6-13-26(18-23)24-10-2-1-3-11-24)27-14-5-4-12-25(27)16-15-22-9-7-17-28-19-22/h1-14,17-19,21H,20H2. The average molecular weight is 388 g/mol. The van der Waals surface area contributed by atoms with Gasteiger partial charge in [0.05, 0.1) is 12.2 Å². The number of nitrogens with zero attached hydrogens (tertiary/aromatic N) is 2. The quantitative estimate of drug-likeness (QED) is 0.343. The number of carbonyl (C=O) groups excluding carboxylic acids is 1. The van der Waals surface area contributed by atoms with Gasteiger partial charge in [-0.15, -0.1) is 0 Å². The van der Waals surface area contributed by atoms with Crippen LogP contribution in [0.4, 0.5) is 5.69 Å². The molecule has 4 rings (SSSR count). The van der Waals surface area contributed by atoms with Gasteiger partial charge in [0, 0.05) is 23.5 Å². The van der Waals surface area contributed by atoms with Gasteiger partial charge in [0.1, 0.15) is 0 Å². The van der Waals surface area contributed by atoms with Crippen LogP contribution in [0.15, 0.2) is 103 Å². The van der Waals surface area contributed by atoms with E-state index in [1.807, 2.05) is 66.7 Å². The van der Waals surface area contributed by atoms with Gasteiger partial charge in [0.15, 0.2) is 0 Å². The SMILES string of the molecule is O=CN(Cc1cccc(-c2ccccc2)c1)c1ccccc1C#Cc1cccnc1. The van der Waals surface area contributed by atoms with Crippen molar-refractivity contribution in [2.75, 3.05) is 4.90 Å². The van der Waals surface area contributed by atoms with Crippen molar-refractivity contribution in [1.82, 2.24) is 4.98 Å². The lowest BCUT2D eigenvalue weighted by Crippen LogP contribution is -2.21. The number of amides is 1. The van der Waals surface area contributed by atoms with E-state index < -0.39 is 0 Å². The normalized spacial score (nSPS) is 10.0. The summed E-state index contributed by atoms with van der Waals surface area (Å²) in [5.41, 5.74) is 5.75. The van der Waals surface area contributed by atoms with Gasteiger partial charge in [-0.05, 0) is 47.0 Å². The summed E-state index contributed by atoms with van der Waals surface area (Å²) in [6.07, 6.45) is 4.30. The summed E-state index contributed by atoms with van der Waals surface area (Å²) in [5, 5.41) is 0. The Balaban J connectivity index is 1.62. The highest BCUT2D eigenvalue weighted by molar-refractivity contribution is 5.79. The second-order valence-electron chi connectivity index (χ2n) is 6.81. The van der Waals surface area contributed by atoms with Gasteiger partial charge in [-0.3, -0.25) is 9.78 Å². The van der Waals surface area contributed by atoms with E-state index >= 15 is 0 Å². The minimum Gasteiger partial charge on any atom is -0.309 e. The number of carbonyl (C=O) groups is 1. The van der Waals surface area contributed by atoms with Crippen molar-refractivity contribution in [3.63, 3.8) is 0 Å². The fourth-order valence-corrected chi connectivity index (χ4v) is 3.26. The minimum atomic E-state index is 0.468. The molecule has 30 heavy (non-hydrogen) atoms. The Bertz CT molecular complexity index is 1190. The molecule has 0 aliphatic carbocycles. The van der Waals surface area contributed by atoms with Crippen LogP contribution < -0.4 is 4.90 Å². The number of pyridine rings is 1. The Kier molecular flexibility index (Phi) is 5.98. The summed E-state index contributed by atoms with van der Waals surface area (Å²) >= 11 is 0. The Labute approximate surface area is 176 Å². The fraction of sp³-hybridized carbons (Fsp3) is 0.0370. The summed E-state index contributed by atoms with van der Waals surface area (Å²) in [6.45, 7) is 0.468. The summed E-state index contributed by atoms with van der Waals surface area (Å²) in [6, 6.07) is 29.9. The van der Waals surface area contributed by atoms with Crippen LogP contribution in [0.2, 0.25) is 0 Å². The van der Waals surface area contributed by atoms with Crippen molar-refractivity contribution >= 4 is 12.1 Å². The Hall–Kier alpha value is -4.16. The molecule has 0 N–H and O–H groups in total. The van der Waals surface area contributed by atoms with Crippen molar-refractivity contribution in [2.45, 2.75) is 6.54 Å². The Morgan fingerprint density at radius 2 is 1.60 bits per heavy atom. The molecular weight excluding hydrogens is 368 g/mol. The fourth-order valence-electron chi connectivity index (χ4n) is 3.26. The molecule has 0 aliphatic rings. The topological polar surface area (TPSA) is 33.2 Å². The van der Waals surface area contributed by atoms with Crippen LogP contribution in [0.3, 0.4) is 0 Å². The third-order valence-corrected chi connectivity index (χ3v) is 4.73. The third kappa shape index (κ3) is 4.63. The first kappa shape index (κ1) is 19.2. The maximum absolute atomic E-state index is 12.0. The van der Waals surface area contributed by atoms with E-state index in [1.165, 1.54) is 0 Å². The van der Waals surface area contributed by atoms with Crippen LogP contribution in [0.25, 0.3) is 11.1 Å². The minimum absolute atomic E-state index is 0.468.